The number of aryl methyl sites for hydroxylation is 2. The van der Waals surface area contributed by atoms with Gasteiger partial charge in [-0.1, -0.05) is 6.92 Å². The second kappa shape index (κ2) is 3.38. The van der Waals surface area contributed by atoms with Gasteiger partial charge in [-0.05, 0) is 6.92 Å². The molecule has 0 aliphatic heterocycles. The molecule has 0 unspecified atom stereocenters. The third-order valence-electron chi connectivity index (χ3n) is 2.34. The van der Waals surface area contributed by atoms with Gasteiger partial charge in [0.2, 0.25) is 5.95 Å². The molecule has 6 nitrogen and oxygen atoms in total. The van der Waals surface area contributed by atoms with E-state index < -0.39 is 0 Å². The number of nitrogens with zero attached hydrogens (tertiary/aromatic N) is 3. The van der Waals surface area contributed by atoms with Crippen LogP contribution in [0.3, 0.4) is 0 Å². The predicted molar refractivity (Wildman–Crippen MR) is 57.6 cm³/mol. The molecule has 2 heterocycles. The fraction of sp³-hybridized carbons (Fsp3) is 0.444. The lowest BCUT2D eigenvalue weighted by molar-refractivity contribution is 0.719. The van der Waals surface area contributed by atoms with Gasteiger partial charge in [0.05, 0.1) is 0 Å². The predicted octanol–water partition coefficient (Wildman–Crippen LogP) is 0.284. The van der Waals surface area contributed by atoms with Gasteiger partial charge in [-0.2, -0.15) is 4.98 Å². The van der Waals surface area contributed by atoms with Crippen LogP contribution in [-0.2, 0) is 13.0 Å². The SMILES string of the molecule is CCc1nc2c(=O)[nH]c(N)nc2n1CC. The summed E-state index contributed by atoms with van der Waals surface area (Å²) >= 11 is 0. The van der Waals surface area contributed by atoms with Gasteiger partial charge in [-0.15, -0.1) is 0 Å². The Kier molecular flexibility index (Phi) is 2.18. The lowest BCUT2D eigenvalue weighted by Crippen LogP contribution is -2.12. The average molecular weight is 207 g/mol. The number of hydrogen-bond acceptors (Lipinski definition) is 4. The molecule has 0 spiro atoms. The molecule has 0 bridgehead atoms. The minimum absolute atomic E-state index is 0.129. The van der Waals surface area contributed by atoms with E-state index in [1.54, 1.807) is 0 Å². The van der Waals surface area contributed by atoms with Crippen molar-refractivity contribution in [1.82, 2.24) is 19.5 Å². The Morgan fingerprint density at radius 2 is 2.13 bits per heavy atom. The minimum Gasteiger partial charge on any atom is -0.369 e. The molecule has 6 heteroatoms. The highest BCUT2D eigenvalue weighted by molar-refractivity contribution is 5.71. The number of H-pyrrole nitrogens is 1. The van der Waals surface area contributed by atoms with E-state index in [0.717, 1.165) is 18.8 Å². The summed E-state index contributed by atoms with van der Waals surface area (Å²) in [7, 11) is 0. The number of nitrogens with one attached hydrogen (secondary N) is 1. The van der Waals surface area contributed by atoms with Crippen molar-refractivity contribution in [3.05, 3.63) is 16.2 Å². The summed E-state index contributed by atoms with van der Waals surface area (Å²) in [5.74, 6) is 0.987. The molecule has 2 rings (SSSR count). The lowest BCUT2D eigenvalue weighted by atomic mass is 10.4. The lowest BCUT2D eigenvalue weighted by Gasteiger charge is -2.02. The van der Waals surface area contributed by atoms with Crippen molar-refractivity contribution in [2.75, 3.05) is 5.73 Å². The molecule has 2 aromatic rings. The van der Waals surface area contributed by atoms with E-state index in [4.69, 9.17) is 5.73 Å². The third kappa shape index (κ3) is 1.38. The Bertz CT molecular complexity index is 553. The summed E-state index contributed by atoms with van der Waals surface area (Å²) in [4.78, 5) is 22.3. The molecule has 0 aliphatic rings. The van der Waals surface area contributed by atoms with Crippen molar-refractivity contribution in [3.8, 4) is 0 Å². The molecule has 15 heavy (non-hydrogen) atoms. The maximum Gasteiger partial charge on any atom is 0.280 e. The number of anilines is 1. The first-order valence-corrected chi connectivity index (χ1v) is 4.92. The van der Waals surface area contributed by atoms with Gasteiger partial charge >= 0.3 is 0 Å². The van der Waals surface area contributed by atoms with Crippen molar-refractivity contribution < 1.29 is 0 Å². The number of hydrogen-bond donors (Lipinski definition) is 2. The maximum atomic E-state index is 11.5. The van der Waals surface area contributed by atoms with Crippen LogP contribution in [0.25, 0.3) is 11.2 Å². The highest BCUT2D eigenvalue weighted by atomic mass is 16.1. The fourth-order valence-electron chi connectivity index (χ4n) is 1.67. The third-order valence-corrected chi connectivity index (χ3v) is 2.34. The zero-order valence-corrected chi connectivity index (χ0v) is 8.74. The van der Waals surface area contributed by atoms with Crippen LogP contribution in [0.2, 0.25) is 0 Å². The zero-order valence-electron chi connectivity index (χ0n) is 8.74. The van der Waals surface area contributed by atoms with Crippen LogP contribution in [0.15, 0.2) is 4.79 Å². The molecule has 0 aromatic carbocycles. The summed E-state index contributed by atoms with van der Waals surface area (Å²) < 4.78 is 1.90. The van der Waals surface area contributed by atoms with E-state index in [1.807, 2.05) is 18.4 Å². The number of fused-ring (bicyclic) bond motifs is 1. The molecular weight excluding hydrogens is 194 g/mol. The van der Waals surface area contributed by atoms with Crippen molar-refractivity contribution in [2.24, 2.45) is 0 Å². The number of aromatic amines is 1. The van der Waals surface area contributed by atoms with Gasteiger partial charge in [0.15, 0.2) is 11.2 Å². The van der Waals surface area contributed by atoms with E-state index in [1.165, 1.54) is 0 Å². The van der Waals surface area contributed by atoms with E-state index in [0.29, 0.717) is 11.2 Å². The van der Waals surface area contributed by atoms with Gasteiger partial charge in [-0.3, -0.25) is 9.78 Å². The molecule has 0 amide bonds. The topological polar surface area (TPSA) is 89.6 Å². The summed E-state index contributed by atoms with van der Waals surface area (Å²) in [5.41, 5.74) is 6.14. The first kappa shape index (κ1) is 9.70. The fourth-order valence-corrected chi connectivity index (χ4v) is 1.67. The highest BCUT2D eigenvalue weighted by Gasteiger charge is 2.12. The number of aromatic nitrogens is 4. The van der Waals surface area contributed by atoms with Gasteiger partial charge in [0.25, 0.3) is 5.56 Å². The second-order valence-electron chi connectivity index (χ2n) is 3.25. The quantitative estimate of drug-likeness (QED) is 0.740. The van der Waals surface area contributed by atoms with Gasteiger partial charge in [0, 0.05) is 13.0 Å². The minimum atomic E-state index is -0.278. The number of rotatable bonds is 2. The van der Waals surface area contributed by atoms with Crippen LogP contribution in [-0.4, -0.2) is 19.5 Å². The number of imidazole rings is 1. The first-order valence-electron chi connectivity index (χ1n) is 4.92. The average Bonchev–Trinajstić information content (AvgIpc) is 2.55. The monoisotopic (exact) mass is 207 g/mol. The largest absolute Gasteiger partial charge is 0.369 e. The van der Waals surface area contributed by atoms with Crippen molar-refractivity contribution >= 4 is 17.1 Å². The standard InChI is InChI=1S/C9H13N5O/c1-3-5-11-6-7(14(5)4-2)12-9(10)13-8(6)15/h3-4H2,1-2H3,(H3,10,12,13,15). The van der Waals surface area contributed by atoms with Crippen LogP contribution in [0.1, 0.15) is 19.7 Å². The van der Waals surface area contributed by atoms with E-state index >= 15 is 0 Å². The van der Waals surface area contributed by atoms with Crippen molar-refractivity contribution in [3.63, 3.8) is 0 Å². The molecule has 0 aliphatic carbocycles. The number of nitrogen functional groups attached to an aromatic ring is 1. The maximum absolute atomic E-state index is 11.5. The van der Waals surface area contributed by atoms with E-state index in [-0.39, 0.29) is 11.5 Å². The first-order chi connectivity index (χ1) is 7.17. The van der Waals surface area contributed by atoms with Crippen LogP contribution in [0.5, 0.6) is 0 Å². The molecule has 0 saturated heterocycles. The van der Waals surface area contributed by atoms with Crippen LogP contribution < -0.4 is 11.3 Å². The summed E-state index contributed by atoms with van der Waals surface area (Å²) in [6.45, 7) is 4.71. The normalized spacial score (nSPS) is 11.1. The van der Waals surface area contributed by atoms with Crippen molar-refractivity contribution in [2.45, 2.75) is 26.8 Å². The Balaban J connectivity index is 2.89. The van der Waals surface area contributed by atoms with E-state index in [2.05, 4.69) is 15.0 Å². The molecule has 0 fully saturated rings. The molecule has 0 radical (unpaired) electrons. The van der Waals surface area contributed by atoms with Crippen LogP contribution in [0.4, 0.5) is 5.95 Å². The highest BCUT2D eigenvalue weighted by Crippen LogP contribution is 2.11. The zero-order chi connectivity index (χ0) is 11.0. The Labute approximate surface area is 86.2 Å². The van der Waals surface area contributed by atoms with Crippen LogP contribution in [0, 0.1) is 0 Å². The molecule has 80 valence electrons. The van der Waals surface area contributed by atoms with Crippen molar-refractivity contribution in [1.29, 1.82) is 0 Å². The Morgan fingerprint density at radius 1 is 1.40 bits per heavy atom. The molecule has 0 saturated carbocycles. The Morgan fingerprint density at radius 3 is 2.73 bits per heavy atom. The van der Waals surface area contributed by atoms with Gasteiger partial charge in [0.1, 0.15) is 5.82 Å². The van der Waals surface area contributed by atoms with Gasteiger partial charge < -0.3 is 10.3 Å². The smallest absolute Gasteiger partial charge is 0.280 e. The summed E-state index contributed by atoms with van der Waals surface area (Å²) in [5, 5.41) is 0. The second-order valence-corrected chi connectivity index (χ2v) is 3.25. The summed E-state index contributed by atoms with van der Waals surface area (Å²) in [6, 6.07) is 0. The van der Waals surface area contributed by atoms with E-state index in [9.17, 15) is 4.79 Å². The van der Waals surface area contributed by atoms with Gasteiger partial charge in [-0.25, -0.2) is 4.98 Å². The molecular formula is C9H13N5O. The molecule has 3 N–H and O–H groups in total. The number of nitrogens with two attached hydrogens (primary N) is 1. The summed E-state index contributed by atoms with van der Waals surface area (Å²) in [6.07, 6.45) is 0.767. The Hall–Kier alpha value is -1.85. The van der Waals surface area contributed by atoms with Crippen LogP contribution >= 0.6 is 0 Å². The molecule has 0 atom stereocenters. The molecule has 2 aromatic heterocycles.